The zero-order valence-electron chi connectivity index (χ0n) is 29.8. The molecule has 2 amide bonds. The number of carbonyl (C=O) groups excluding carboxylic acids is 2. The van der Waals surface area contributed by atoms with Crippen LogP contribution in [0.2, 0.25) is 0 Å². The van der Waals surface area contributed by atoms with Gasteiger partial charge in [0.1, 0.15) is 11.8 Å². The molecule has 4 aromatic rings. The van der Waals surface area contributed by atoms with Gasteiger partial charge in [0.05, 0.1) is 12.2 Å². The van der Waals surface area contributed by atoms with Crippen molar-refractivity contribution in [3.05, 3.63) is 143 Å². The number of piperazine rings is 1. The number of carbonyl (C=O) groups is 2. The lowest BCUT2D eigenvalue weighted by molar-refractivity contribution is -0.145. The molecular formula is C42H47F3N4O3. The van der Waals surface area contributed by atoms with Crippen LogP contribution in [0.5, 0.6) is 5.75 Å². The topological polar surface area (TPSA) is 56.3 Å². The van der Waals surface area contributed by atoms with Crippen molar-refractivity contribution in [2.24, 2.45) is 0 Å². The molecule has 0 saturated carbocycles. The van der Waals surface area contributed by atoms with Gasteiger partial charge in [-0.05, 0) is 73.1 Å². The first kappa shape index (κ1) is 38.3. The molecule has 52 heavy (non-hydrogen) atoms. The largest absolute Gasteiger partial charge is 0.494 e. The highest BCUT2D eigenvalue weighted by Crippen LogP contribution is 2.29. The highest BCUT2D eigenvalue weighted by molar-refractivity contribution is 5.95. The van der Waals surface area contributed by atoms with Crippen LogP contribution >= 0.6 is 0 Å². The second-order valence-electron chi connectivity index (χ2n) is 13.4. The van der Waals surface area contributed by atoms with Crippen molar-refractivity contribution in [3.8, 4) is 5.75 Å². The molecule has 1 unspecified atom stereocenters. The average Bonchev–Trinajstić information content (AvgIpc) is 3.15. The lowest BCUT2D eigenvalue weighted by atomic mass is 10.0. The molecule has 0 bridgehead atoms. The van der Waals surface area contributed by atoms with E-state index >= 15 is 0 Å². The summed E-state index contributed by atoms with van der Waals surface area (Å²) in [6.45, 7) is 4.89. The van der Waals surface area contributed by atoms with E-state index in [0.29, 0.717) is 50.5 Å². The van der Waals surface area contributed by atoms with Crippen molar-refractivity contribution in [2.45, 2.75) is 38.1 Å². The Morgan fingerprint density at radius 3 is 2.00 bits per heavy atom. The van der Waals surface area contributed by atoms with Gasteiger partial charge in [-0.3, -0.25) is 14.5 Å². The molecule has 1 atom stereocenters. The van der Waals surface area contributed by atoms with Crippen LogP contribution in [0.15, 0.2) is 115 Å². The summed E-state index contributed by atoms with van der Waals surface area (Å²) in [5.74, 6) is 0.161. The number of alkyl halides is 3. The first-order valence-electron chi connectivity index (χ1n) is 17.7. The minimum atomic E-state index is -4.46. The van der Waals surface area contributed by atoms with Crippen LogP contribution in [0, 0.1) is 0 Å². The van der Waals surface area contributed by atoms with Crippen LogP contribution < -0.4 is 4.74 Å². The van der Waals surface area contributed by atoms with Crippen molar-refractivity contribution in [1.29, 1.82) is 0 Å². The summed E-state index contributed by atoms with van der Waals surface area (Å²) in [6, 6.07) is 31.2. The van der Waals surface area contributed by atoms with Crippen LogP contribution in [0.3, 0.4) is 0 Å². The highest BCUT2D eigenvalue weighted by Gasteiger charge is 2.34. The number of halogens is 3. The summed E-state index contributed by atoms with van der Waals surface area (Å²) in [5, 5.41) is 0. The minimum Gasteiger partial charge on any atom is -0.494 e. The minimum absolute atomic E-state index is 0.139. The van der Waals surface area contributed by atoms with E-state index in [1.54, 1.807) is 4.90 Å². The molecule has 0 radical (unpaired) electrons. The molecule has 5 rings (SSSR count). The van der Waals surface area contributed by atoms with Gasteiger partial charge in [-0.1, -0.05) is 84.9 Å². The van der Waals surface area contributed by atoms with Gasteiger partial charge in [0.2, 0.25) is 11.8 Å². The smallest absolute Gasteiger partial charge is 0.416 e. The van der Waals surface area contributed by atoms with Crippen molar-refractivity contribution in [2.75, 3.05) is 53.4 Å². The molecule has 10 heteroatoms. The maximum atomic E-state index is 14.5. The van der Waals surface area contributed by atoms with Crippen LogP contribution in [0.4, 0.5) is 13.2 Å². The standard InChI is InChI=1S/C42H47F3N4O3/c1-46(2)24-9-29-52-38-21-16-36(17-22-38)32-49(40(50)23-18-33-14-19-37(20-15-33)42(43,44)45)39(30-34-10-5-3-6-11-34)41(51)48-27-25-47(26-28-48)31-35-12-7-4-8-13-35/h3-8,10-23,39H,9,24-32H2,1-2H3. The van der Waals surface area contributed by atoms with E-state index in [4.69, 9.17) is 4.74 Å². The fourth-order valence-electron chi connectivity index (χ4n) is 6.19. The van der Waals surface area contributed by atoms with E-state index in [0.717, 1.165) is 42.8 Å². The van der Waals surface area contributed by atoms with Gasteiger partial charge in [-0.15, -0.1) is 0 Å². The zero-order valence-corrected chi connectivity index (χ0v) is 29.8. The predicted molar refractivity (Wildman–Crippen MR) is 198 cm³/mol. The molecule has 1 saturated heterocycles. The SMILES string of the molecule is CN(C)CCCOc1ccc(CN(C(=O)C=Cc2ccc(C(F)(F)F)cc2)C(Cc2ccccc2)C(=O)N2CCN(Cc3ccccc3)CC2)cc1. The van der Waals surface area contributed by atoms with Crippen LogP contribution in [-0.2, 0) is 35.3 Å². The van der Waals surface area contributed by atoms with Gasteiger partial charge < -0.3 is 19.4 Å². The summed E-state index contributed by atoms with van der Waals surface area (Å²) in [5.41, 5.74) is 2.62. The lowest BCUT2D eigenvalue weighted by Crippen LogP contribution is -2.56. The number of hydrogen-bond donors (Lipinski definition) is 0. The molecular weight excluding hydrogens is 665 g/mol. The number of nitrogens with zero attached hydrogens (tertiary/aromatic N) is 4. The van der Waals surface area contributed by atoms with Crippen LogP contribution in [-0.4, -0.2) is 90.9 Å². The van der Waals surface area contributed by atoms with Crippen molar-refractivity contribution >= 4 is 17.9 Å². The summed E-state index contributed by atoms with van der Waals surface area (Å²) in [4.78, 5) is 36.5. The Kier molecular flexibility index (Phi) is 13.6. The Morgan fingerprint density at radius 2 is 1.40 bits per heavy atom. The van der Waals surface area contributed by atoms with E-state index in [2.05, 4.69) is 21.9 Å². The molecule has 1 fully saturated rings. The number of rotatable bonds is 15. The Balaban J connectivity index is 1.39. The fraction of sp³-hybridized carbons (Fsp3) is 0.333. The van der Waals surface area contributed by atoms with Gasteiger partial charge in [0.15, 0.2) is 0 Å². The fourth-order valence-corrected chi connectivity index (χ4v) is 6.19. The second-order valence-corrected chi connectivity index (χ2v) is 13.4. The Labute approximate surface area is 304 Å². The van der Waals surface area contributed by atoms with E-state index in [-0.39, 0.29) is 12.5 Å². The highest BCUT2D eigenvalue weighted by atomic mass is 19.4. The number of ether oxygens (including phenoxy) is 1. The molecule has 0 spiro atoms. The van der Waals surface area contributed by atoms with Gasteiger partial charge in [0, 0.05) is 58.3 Å². The van der Waals surface area contributed by atoms with Crippen molar-refractivity contribution in [3.63, 3.8) is 0 Å². The number of hydrogen-bond acceptors (Lipinski definition) is 5. The first-order chi connectivity index (χ1) is 25.0. The predicted octanol–water partition coefficient (Wildman–Crippen LogP) is 7.03. The second kappa shape index (κ2) is 18.5. The van der Waals surface area contributed by atoms with E-state index < -0.39 is 23.7 Å². The van der Waals surface area contributed by atoms with Crippen molar-refractivity contribution < 1.29 is 27.5 Å². The van der Waals surface area contributed by atoms with Crippen LogP contribution in [0.1, 0.15) is 34.2 Å². The summed E-state index contributed by atoms with van der Waals surface area (Å²) in [6.07, 6.45) is -0.441. The molecule has 0 aliphatic carbocycles. The molecule has 1 heterocycles. The molecule has 274 valence electrons. The molecule has 4 aromatic carbocycles. The molecule has 0 aromatic heterocycles. The maximum Gasteiger partial charge on any atom is 0.416 e. The Hall–Kier alpha value is -4.93. The summed E-state index contributed by atoms with van der Waals surface area (Å²) in [7, 11) is 4.03. The lowest BCUT2D eigenvalue weighted by Gasteiger charge is -2.39. The Morgan fingerprint density at radius 1 is 0.788 bits per heavy atom. The summed E-state index contributed by atoms with van der Waals surface area (Å²) < 4.78 is 45.4. The third kappa shape index (κ3) is 11.5. The molecule has 7 nitrogen and oxygen atoms in total. The van der Waals surface area contributed by atoms with Gasteiger partial charge in [-0.25, -0.2) is 0 Å². The van der Waals surface area contributed by atoms with E-state index in [1.807, 2.05) is 91.8 Å². The number of amides is 2. The van der Waals surface area contributed by atoms with Gasteiger partial charge in [0.25, 0.3) is 0 Å². The molecule has 0 N–H and O–H groups in total. The zero-order chi connectivity index (χ0) is 36.9. The van der Waals surface area contributed by atoms with Gasteiger partial charge in [-0.2, -0.15) is 13.2 Å². The van der Waals surface area contributed by atoms with Crippen LogP contribution in [0.25, 0.3) is 6.08 Å². The maximum absolute atomic E-state index is 14.5. The monoisotopic (exact) mass is 712 g/mol. The normalized spacial score (nSPS) is 14.5. The van der Waals surface area contributed by atoms with E-state index in [1.165, 1.54) is 29.8 Å². The summed E-state index contributed by atoms with van der Waals surface area (Å²) >= 11 is 0. The first-order valence-corrected chi connectivity index (χ1v) is 17.7. The Bertz CT molecular complexity index is 1720. The average molecular weight is 713 g/mol. The number of benzene rings is 4. The van der Waals surface area contributed by atoms with E-state index in [9.17, 15) is 22.8 Å². The van der Waals surface area contributed by atoms with Gasteiger partial charge >= 0.3 is 6.18 Å². The van der Waals surface area contributed by atoms with Crippen molar-refractivity contribution in [1.82, 2.24) is 19.6 Å². The third-order valence-corrected chi connectivity index (χ3v) is 9.10. The molecule has 1 aliphatic rings. The third-order valence-electron chi connectivity index (χ3n) is 9.10. The molecule has 1 aliphatic heterocycles. The quantitative estimate of drug-likeness (QED) is 0.0979.